The van der Waals surface area contributed by atoms with Crippen LogP contribution in [0.2, 0.25) is 0 Å². The van der Waals surface area contributed by atoms with Crippen LogP contribution in [0.25, 0.3) is 0 Å². The van der Waals surface area contributed by atoms with Crippen molar-refractivity contribution >= 4 is 11.7 Å². The molecule has 19 heavy (non-hydrogen) atoms. The molecule has 0 spiro atoms. The number of rotatable bonds is 5. The van der Waals surface area contributed by atoms with Crippen LogP contribution in [-0.2, 0) is 0 Å². The summed E-state index contributed by atoms with van der Waals surface area (Å²) in [5, 5.41) is 14.5. The molecule has 1 aromatic rings. The molecule has 3 N–H and O–H groups in total. The third kappa shape index (κ3) is 4.79. The topological polar surface area (TPSA) is 70.6 Å². The van der Waals surface area contributed by atoms with Gasteiger partial charge in [0.15, 0.2) is 0 Å². The first-order valence-corrected chi connectivity index (χ1v) is 6.22. The minimum absolute atomic E-state index is 0.0289. The zero-order valence-corrected chi connectivity index (χ0v) is 11.9. The molecule has 0 heterocycles. The number of carbonyl (C=O) groups excluding carboxylic acids is 1. The predicted octanol–water partition coefficient (Wildman–Crippen LogP) is 2.29. The Hall–Kier alpha value is -1.75. The van der Waals surface area contributed by atoms with Crippen molar-refractivity contribution in [3.8, 4) is 5.75 Å². The summed E-state index contributed by atoms with van der Waals surface area (Å²) in [6.45, 7) is 5.70. The molecule has 5 nitrogen and oxygen atoms in total. The standard InChI is InChI=1S/C14H22N2O3/c1-10-5-6-11(12(9-10)19-4)15-13(18)16-14(2,3)7-8-17/h5-6,9,17H,7-8H2,1-4H3,(H2,15,16,18). The van der Waals surface area contributed by atoms with Gasteiger partial charge in [0.25, 0.3) is 0 Å². The van der Waals surface area contributed by atoms with Gasteiger partial charge in [-0.2, -0.15) is 0 Å². The molecule has 2 amide bonds. The molecule has 106 valence electrons. The average Bonchev–Trinajstić information content (AvgIpc) is 2.30. The fourth-order valence-corrected chi connectivity index (χ4v) is 1.70. The Bertz CT molecular complexity index is 444. The van der Waals surface area contributed by atoms with Gasteiger partial charge in [0.05, 0.1) is 12.8 Å². The molecule has 0 atom stereocenters. The minimum Gasteiger partial charge on any atom is -0.495 e. The van der Waals surface area contributed by atoms with E-state index in [0.29, 0.717) is 17.9 Å². The van der Waals surface area contributed by atoms with E-state index in [-0.39, 0.29) is 12.6 Å². The molecule has 0 fully saturated rings. The van der Waals surface area contributed by atoms with Gasteiger partial charge in [0, 0.05) is 12.1 Å². The molecule has 0 saturated heterocycles. The van der Waals surface area contributed by atoms with Crippen molar-refractivity contribution in [2.45, 2.75) is 32.7 Å². The Morgan fingerprint density at radius 1 is 1.42 bits per heavy atom. The summed E-state index contributed by atoms with van der Waals surface area (Å²) in [5.74, 6) is 0.620. The summed E-state index contributed by atoms with van der Waals surface area (Å²) < 4.78 is 5.22. The molecular formula is C14H22N2O3. The normalized spacial score (nSPS) is 11.0. The lowest BCUT2D eigenvalue weighted by Crippen LogP contribution is -2.46. The number of ether oxygens (including phenoxy) is 1. The molecule has 0 aliphatic carbocycles. The van der Waals surface area contributed by atoms with Gasteiger partial charge in [-0.25, -0.2) is 4.79 Å². The summed E-state index contributed by atoms with van der Waals surface area (Å²) in [6, 6.07) is 5.23. The van der Waals surface area contributed by atoms with E-state index in [1.807, 2.05) is 32.9 Å². The van der Waals surface area contributed by atoms with E-state index in [2.05, 4.69) is 10.6 Å². The number of hydrogen-bond acceptors (Lipinski definition) is 3. The van der Waals surface area contributed by atoms with E-state index in [0.717, 1.165) is 5.56 Å². The smallest absolute Gasteiger partial charge is 0.319 e. The first-order valence-electron chi connectivity index (χ1n) is 6.22. The van der Waals surface area contributed by atoms with Crippen molar-refractivity contribution in [2.24, 2.45) is 0 Å². The number of carbonyl (C=O) groups is 1. The first kappa shape index (κ1) is 15.3. The van der Waals surface area contributed by atoms with E-state index in [1.54, 1.807) is 13.2 Å². The lowest BCUT2D eigenvalue weighted by Gasteiger charge is -2.25. The van der Waals surface area contributed by atoms with Crippen molar-refractivity contribution in [2.75, 3.05) is 19.0 Å². The molecule has 0 radical (unpaired) electrons. The summed E-state index contributed by atoms with van der Waals surface area (Å²) in [6.07, 6.45) is 0.492. The number of hydrogen-bond donors (Lipinski definition) is 3. The highest BCUT2D eigenvalue weighted by Crippen LogP contribution is 2.25. The number of benzene rings is 1. The summed E-state index contributed by atoms with van der Waals surface area (Å²) >= 11 is 0. The van der Waals surface area contributed by atoms with Gasteiger partial charge in [0.2, 0.25) is 0 Å². The number of urea groups is 1. The molecule has 5 heteroatoms. The van der Waals surface area contributed by atoms with Crippen LogP contribution in [0, 0.1) is 6.92 Å². The fourth-order valence-electron chi connectivity index (χ4n) is 1.70. The second-order valence-electron chi connectivity index (χ2n) is 5.14. The molecule has 1 aromatic carbocycles. The van der Waals surface area contributed by atoms with E-state index in [9.17, 15) is 4.79 Å². The molecule has 0 aliphatic rings. The van der Waals surface area contributed by atoms with Crippen LogP contribution in [0.1, 0.15) is 25.8 Å². The Morgan fingerprint density at radius 3 is 2.68 bits per heavy atom. The van der Waals surface area contributed by atoms with Crippen molar-refractivity contribution in [1.29, 1.82) is 0 Å². The number of aryl methyl sites for hydroxylation is 1. The van der Waals surface area contributed by atoms with Crippen LogP contribution in [0.5, 0.6) is 5.75 Å². The number of methoxy groups -OCH3 is 1. The maximum atomic E-state index is 11.9. The molecule has 0 saturated carbocycles. The zero-order chi connectivity index (χ0) is 14.5. The largest absolute Gasteiger partial charge is 0.495 e. The monoisotopic (exact) mass is 266 g/mol. The Balaban J connectivity index is 2.72. The Kier molecular flexibility index (Phi) is 5.18. The van der Waals surface area contributed by atoms with Crippen molar-refractivity contribution in [1.82, 2.24) is 5.32 Å². The second kappa shape index (κ2) is 6.43. The van der Waals surface area contributed by atoms with Gasteiger partial charge in [-0.1, -0.05) is 6.07 Å². The van der Waals surface area contributed by atoms with Gasteiger partial charge in [-0.05, 0) is 44.9 Å². The van der Waals surface area contributed by atoms with Gasteiger partial charge >= 0.3 is 6.03 Å². The van der Waals surface area contributed by atoms with Gasteiger partial charge in [0.1, 0.15) is 5.75 Å². The molecule has 0 aromatic heterocycles. The Labute approximate surface area is 114 Å². The maximum Gasteiger partial charge on any atom is 0.319 e. The molecule has 0 aliphatic heterocycles. The number of aliphatic hydroxyl groups is 1. The van der Waals surface area contributed by atoms with E-state index in [4.69, 9.17) is 9.84 Å². The van der Waals surface area contributed by atoms with Crippen LogP contribution < -0.4 is 15.4 Å². The van der Waals surface area contributed by atoms with Gasteiger partial charge in [-0.3, -0.25) is 0 Å². The quantitative estimate of drug-likeness (QED) is 0.765. The third-order valence-electron chi connectivity index (χ3n) is 2.79. The number of aliphatic hydroxyl groups excluding tert-OH is 1. The van der Waals surface area contributed by atoms with E-state index < -0.39 is 5.54 Å². The lowest BCUT2D eigenvalue weighted by atomic mass is 10.0. The first-order chi connectivity index (χ1) is 8.88. The highest BCUT2D eigenvalue weighted by molar-refractivity contribution is 5.91. The van der Waals surface area contributed by atoms with Crippen LogP contribution in [0.4, 0.5) is 10.5 Å². The van der Waals surface area contributed by atoms with Crippen LogP contribution >= 0.6 is 0 Å². The number of amides is 2. The third-order valence-corrected chi connectivity index (χ3v) is 2.79. The van der Waals surface area contributed by atoms with Gasteiger partial charge < -0.3 is 20.5 Å². The summed E-state index contributed by atoms with van der Waals surface area (Å²) in [7, 11) is 1.56. The number of nitrogens with one attached hydrogen (secondary N) is 2. The maximum absolute atomic E-state index is 11.9. The van der Waals surface area contributed by atoms with Crippen LogP contribution in [0.15, 0.2) is 18.2 Å². The van der Waals surface area contributed by atoms with Crippen LogP contribution in [0.3, 0.4) is 0 Å². The highest BCUT2D eigenvalue weighted by atomic mass is 16.5. The molecule has 1 rings (SSSR count). The average molecular weight is 266 g/mol. The fraction of sp³-hybridized carbons (Fsp3) is 0.500. The summed E-state index contributed by atoms with van der Waals surface area (Å²) in [5.41, 5.74) is 1.21. The predicted molar refractivity (Wildman–Crippen MR) is 75.7 cm³/mol. The van der Waals surface area contributed by atoms with Crippen molar-refractivity contribution in [3.05, 3.63) is 23.8 Å². The van der Waals surface area contributed by atoms with Gasteiger partial charge in [-0.15, -0.1) is 0 Å². The highest BCUT2D eigenvalue weighted by Gasteiger charge is 2.20. The minimum atomic E-state index is -0.462. The van der Waals surface area contributed by atoms with Crippen LogP contribution in [-0.4, -0.2) is 30.4 Å². The van der Waals surface area contributed by atoms with E-state index in [1.165, 1.54) is 0 Å². The van der Waals surface area contributed by atoms with Crippen molar-refractivity contribution in [3.63, 3.8) is 0 Å². The summed E-state index contributed by atoms with van der Waals surface area (Å²) in [4.78, 5) is 11.9. The SMILES string of the molecule is COc1cc(C)ccc1NC(=O)NC(C)(C)CCO. The molecule has 0 bridgehead atoms. The molecular weight excluding hydrogens is 244 g/mol. The second-order valence-corrected chi connectivity index (χ2v) is 5.14. The van der Waals surface area contributed by atoms with Crippen molar-refractivity contribution < 1.29 is 14.6 Å². The Morgan fingerprint density at radius 2 is 2.11 bits per heavy atom. The molecule has 0 unspecified atom stereocenters. The number of anilines is 1. The zero-order valence-electron chi connectivity index (χ0n) is 11.9. The van der Waals surface area contributed by atoms with E-state index >= 15 is 0 Å². The lowest BCUT2D eigenvalue weighted by molar-refractivity contribution is 0.218.